The number of hydrogen-bond donors (Lipinski definition) is 1. The summed E-state index contributed by atoms with van der Waals surface area (Å²) in [5, 5.41) is 4.81. The van der Waals surface area contributed by atoms with Crippen molar-refractivity contribution in [2.24, 2.45) is 0 Å². The molecular weight excluding hydrogens is 568 g/mol. The van der Waals surface area contributed by atoms with Crippen LogP contribution in [-0.2, 0) is 16.2 Å². The van der Waals surface area contributed by atoms with E-state index < -0.39 is 17.8 Å². The van der Waals surface area contributed by atoms with Gasteiger partial charge in [0.1, 0.15) is 12.2 Å². The number of fused-ring (bicyclic) bond motifs is 1. The van der Waals surface area contributed by atoms with Gasteiger partial charge in [-0.2, -0.15) is 0 Å². The zero-order valence-corrected chi connectivity index (χ0v) is 22.9. The molecule has 190 valence electrons. The molecule has 5 rings (SSSR count). The van der Waals surface area contributed by atoms with E-state index in [4.69, 9.17) is 16.3 Å². The number of amides is 4. The second kappa shape index (κ2) is 10.4. The first kappa shape index (κ1) is 25.7. The Morgan fingerprint density at radius 3 is 2.42 bits per heavy atom. The van der Waals surface area contributed by atoms with Crippen LogP contribution in [0.25, 0.3) is 16.8 Å². The summed E-state index contributed by atoms with van der Waals surface area (Å²) >= 11 is 10.0. The smallest absolute Gasteiger partial charge is 0.335 e. The Kier molecular flexibility index (Phi) is 7.06. The van der Waals surface area contributed by atoms with Gasteiger partial charge in [-0.25, -0.2) is 9.69 Å². The summed E-state index contributed by atoms with van der Waals surface area (Å²) in [4.78, 5) is 39.3. The molecule has 1 fully saturated rings. The van der Waals surface area contributed by atoms with Gasteiger partial charge in [0.2, 0.25) is 0 Å². The van der Waals surface area contributed by atoms with Crippen molar-refractivity contribution < 1.29 is 19.1 Å². The van der Waals surface area contributed by atoms with E-state index in [0.717, 1.165) is 32.4 Å². The van der Waals surface area contributed by atoms with Crippen molar-refractivity contribution in [3.05, 3.63) is 110 Å². The first-order chi connectivity index (χ1) is 18.2. The lowest BCUT2D eigenvalue weighted by atomic mass is 10.0. The Bertz CT molecular complexity index is 1640. The Morgan fingerprint density at radius 2 is 1.68 bits per heavy atom. The number of carbonyl (C=O) groups excluding carboxylic acids is 3. The number of hydrogen-bond acceptors (Lipinski definition) is 4. The minimum atomic E-state index is -0.794. The molecule has 0 aromatic heterocycles. The molecule has 1 aliphatic rings. The van der Waals surface area contributed by atoms with Crippen LogP contribution < -0.4 is 15.0 Å². The zero-order chi connectivity index (χ0) is 27.0. The monoisotopic (exact) mass is 588 g/mol. The van der Waals surface area contributed by atoms with Gasteiger partial charge in [0.25, 0.3) is 11.8 Å². The molecule has 0 bridgehead atoms. The second-order valence-corrected chi connectivity index (χ2v) is 10.3. The Morgan fingerprint density at radius 1 is 0.921 bits per heavy atom. The van der Waals surface area contributed by atoms with E-state index >= 15 is 0 Å². The number of anilines is 1. The van der Waals surface area contributed by atoms with E-state index in [1.54, 1.807) is 24.3 Å². The standard InChI is InChI=1S/C30H22BrClN2O4/c1-17-7-10-23(11-18(17)2)34-29(36)24(28(35)33-30(34)37)13-20-14-25(31)27(26(32)15-20)38-16-19-8-9-21-5-3-4-6-22(21)12-19/h3-15H,16H2,1-2H3,(H,33,35,37)/b24-13+. The number of rotatable bonds is 5. The summed E-state index contributed by atoms with van der Waals surface area (Å²) in [5.41, 5.74) is 3.61. The number of aryl methyl sites for hydroxylation is 2. The van der Waals surface area contributed by atoms with E-state index in [-0.39, 0.29) is 5.57 Å². The fourth-order valence-corrected chi connectivity index (χ4v) is 5.20. The van der Waals surface area contributed by atoms with E-state index in [1.165, 1.54) is 6.08 Å². The molecule has 1 heterocycles. The SMILES string of the molecule is Cc1ccc(N2C(=O)NC(=O)/C(=C\c3cc(Cl)c(OCc4ccc5ccccc5c4)c(Br)c3)C2=O)cc1C. The molecule has 0 unspecified atom stereocenters. The molecule has 4 aromatic rings. The first-order valence-corrected chi connectivity index (χ1v) is 13.0. The summed E-state index contributed by atoms with van der Waals surface area (Å²) in [5.74, 6) is -1.05. The van der Waals surface area contributed by atoms with Crippen molar-refractivity contribution in [3.63, 3.8) is 0 Å². The summed E-state index contributed by atoms with van der Waals surface area (Å²) in [6.07, 6.45) is 1.40. The normalized spacial score (nSPS) is 14.8. The Hall–Kier alpha value is -3.94. The molecule has 0 radical (unpaired) electrons. The predicted molar refractivity (Wildman–Crippen MR) is 152 cm³/mol. The van der Waals surface area contributed by atoms with Crippen LogP contribution >= 0.6 is 27.5 Å². The number of nitrogens with one attached hydrogen (secondary N) is 1. The number of imide groups is 2. The lowest BCUT2D eigenvalue weighted by Gasteiger charge is -2.27. The van der Waals surface area contributed by atoms with Crippen molar-refractivity contribution in [1.29, 1.82) is 0 Å². The summed E-state index contributed by atoms with van der Waals surface area (Å²) in [6, 6.07) is 21.9. The third-order valence-corrected chi connectivity index (χ3v) is 7.25. The van der Waals surface area contributed by atoms with Gasteiger partial charge in [-0.1, -0.05) is 54.1 Å². The van der Waals surface area contributed by atoms with Crippen LogP contribution in [0.5, 0.6) is 5.75 Å². The van der Waals surface area contributed by atoms with Gasteiger partial charge in [0, 0.05) is 0 Å². The van der Waals surface area contributed by atoms with Gasteiger partial charge in [-0.05, 0) is 99.2 Å². The molecule has 0 spiro atoms. The van der Waals surface area contributed by atoms with Gasteiger partial charge in [-0.15, -0.1) is 0 Å². The average Bonchev–Trinajstić information content (AvgIpc) is 2.88. The lowest BCUT2D eigenvalue weighted by molar-refractivity contribution is -0.122. The highest BCUT2D eigenvalue weighted by atomic mass is 79.9. The van der Waals surface area contributed by atoms with E-state index in [2.05, 4.69) is 33.4 Å². The first-order valence-electron chi connectivity index (χ1n) is 11.8. The van der Waals surface area contributed by atoms with Crippen LogP contribution in [0.2, 0.25) is 5.02 Å². The molecule has 1 aliphatic heterocycles. The number of carbonyl (C=O) groups is 3. The minimum absolute atomic E-state index is 0.185. The van der Waals surface area contributed by atoms with Gasteiger partial charge >= 0.3 is 6.03 Å². The van der Waals surface area contributed by atoms with Gasteiger partial charge in [0.05, 0.1) is 15.2 Å². The summed E-state index contributed by atoms with van der Waals surface area (Å²) < 4.78 is 6.56. The number of benzene rings is 4. The highest BCUT2D eigenvalue weighted by molar-refractivity contribution is 9.10. The summed E-state index contributed by atoms with van der Waals surface area (Å²) in [6.45, 7) is 4.12. The van der Waals surface area contributed by atoms with Crippen LogP contribution in [0.3, 0.4) is 0 Å². The third kappa shape index (κ3) is 5.08. The van der Waals surface area contributed by atoms with Crippen LogP contribution in [0.1, 0.15) is 22.3 Å². The van der Waals surface area contributed by atoms with Crippen molar-refractivity contribution in [1.82, 2.24) is 5.32 Å². The molecule has 4 aromatic carbocycles. The minimum Gasteiger partial charge on any atom is -0.486 e. The quantitative estimate of drug-likeness (QED) is 0.199. The molecule has 0 saturated carbocycles. The number of urea groups is 1. The number of ether oxygens (including phenoxy) is 1. The van der Waals surface area contributed by atoms with Crippen molar-refractivity contribution >= 4 is 67.9 Å². The van der Waals surface area contributed by atoms with Gasteiger partial charge in [-0.3, -0.25) is 14.9 Å². The van der Waals surface area contributed by atoms with Crippen LogP contribution in [0.15, 0.2) is 82.8 Å². The number of nitrogens with zero attached hydrogens (tertiary/aromatic N) is 1. The molecule has 1 saturated heterocycles. The second-order valence-electron chi connectivity index (χ2n) is 9.01. The molecule has 1 N–H and O–H groups in total. The van der Waals surface area contributed by atoms with Crippen LogP contribution in [0.4, 0.5) is 10.5 Å². The molecule has 4 amide bonds. The lowest BCUT2D eigenvalue weighted by Crippen LogP contribution is -2.54. The molecule has 0 atom stereocenters. The van der Waals surface area contributed by atoms with E-state index in [1.807, 2.05) is 50.2 Å². The van der Waals surface area contributed by atoms with Crippen LogP contribution in [0, 0.1) is 13.8 Å². The molecule has 6 nitrogen and oxygen atoms in total. The third-order valence-electron chi connectivity index (χ3n) is 6.38. The van der Waals surface area contributed by atoms with Crippen LogP contribution in [-0.4, -0.2) is 17.8 Å². The van der Waals surface area contributed by atoms with Gasteiger partial charge in [0.15, 0.2) is 5.75 Å². The maximum absolute atomic E-state index is 13.2. The van der Waals surface area contributed by atoms with Crippen molar-refractivity contribution in [2.45, 2.75) is 20.5 Å². The average molecular weight is 590 g/mol. The van der Waals surface area contributed by atoms with Gasteiger partial charge < -0.3 is 4.74 Å². The van der Waals surface area contributed by atoms with E-state index in [0.29, 0.717) is 33.1 Å². The fraction of sp³-hybridized carbons (Fsp3) is 0.100. The fourth-order valence-electron chi connectivity index (χ4n) is 4.21. The molecule has 0 aliphatic carbocycles. The highest BCUT2D eigenvalue weighted by Crippen LogP contribution is 2.36. The Balaban J connectivity index is 1.40. The number of halogens is 2. The largest absolute Gasteiger partial charge is 0.486 e. The maximum atomic E-state index is 13.2. The molecule has 38 heavy (non-hydrogen) atoms. The Labute approximate surface area is 233 Å². The number of barbiturate groups is 1. The molecular formula is C30H22BrClN2O4. The van der Waals surface area contributed by atoms with Crippen molar-refractivity contribution in [2.75, 3.05) is 4.90 Å². The highest BCUT2D eigenvalue weighted by Gasteiger charge is 2.37. The predicted octanol–water partition coefficient (Wildman–Crippen LogP) is 7.12. The molecule has 8 heteroatoms. The summed E-state index contributed by atoms with van der Waals surface area (Å²) in [7, 11) is 0. The van der Waals surface area contributed by atoms with E-state index in [9.17, 15) is 14.4 Å². The topological polar surface area (TPSA) is 75.7 Å². The maximum Gasteiger partial charge on any atom is 0.335 e. The van der Waals surface area contributed by atoms with Crippen molar-refractivity contribution in [3.8, 4) is 5.75 Å². The zero-order valence-electron chi connectivity index (χ0n) is 20.5.